The predicted molar refractivity (Wildman–Crippen MR) is 67.1 cm³/mol. The van der Waals surface area contributed by atoms with Gasteiger partial charge in [0.25, 0.3) is 0 Å². The highest BCUT2D eigenvalue weighted by atomic mass is 16.4. The number of hydrogen-bond acceptors (Lipinski definition) is 3. The molecule has 0 aliphatic heterocycles. The summed E-state index contributed by atoms with van der Waals surface area (Å²) in [6, 6.07) is 3.77. The molecule has 0 fully saturated rings. The van der Waals surface area contributed by atoms with Crippen LogP contribution in [0.3, 0.4) is 0 Å². The van der Waals surface area contributed by atoms with Gasteiger partial charge in [-0.1, -0.05) is 13.8 Å². The smallest absolute Gasteiger partial charge is 0.339 e. The molecule has 0 aliphatic carbocycles. The van der Waals surface area contributed by atoms with E-state index in [0.717, 1.165) is 5.56 Å². The largest absolute Gasteiger partial charge is 0.478 e. The monoisotopic (exact) mass is 245 g/mol. The van der Waals surface area contributed by atoms with Crippen LogP contribution in [0.2, 0.25) is 0 Å². The van der Waals surface area contributed by atoms with E-state index < -0.39 is 5.97 Å². The summed E-state index contributed by atoms with van der Waals surface area (Å²) in [6.07, 6.45) is 3.07. The van der Waals surface area contributed by atoms with E-state index in [-0.39, 0.29) is 11.5 Å². The van der Waals surface area contributed by atoms with E-state index in [2.05, 4.69) is 10.1 Å². The number of carboxylic acid groups (broad SMARTS) is 1. The van der Waals surface area contributed by atoms with Crippen molar-refractivity contribution in [2.24, 2.45) is 0 Å². The summed E-state index contributed by atoms with van der Waals surface area (Å²) in [5.41, 5.74) is 1.95. The Kier molecular flexibility index (Phi) is 3.14. The molecule has 94 valence electrons. The Labute approximate surface area is 105 Å². The molecule has 0 aliphatic rings. The van der Waals surface area contributed by atoms with Crippen LogP contribution in [0.1, 0.15) is 41.4 Å². The standard InChI is InChI=1S/C13H15N3O2/c1-8(2)12-10(13(17)18)7-15-16(12)11-6-9(3)4-5-14-11/h4-8H,1-3H3,(H,17,18). The van der Waals surface area contributed by atoms with E-state index in [1.54, 1.807) is 10.9 Å². The molecule has 2 aromatic rings. The Balaban J connectivity index is 2.61. The molecule has 5 heteroatoms. The van der Waals surface area contributed by atoms with Crippen LogP contribution in [-0.2, 0) is 0 Å². The topological polar surface area (TPSA) is 68.0 Å². The first kappa shape index (κ1) is 12.3. The third kappa shape index (κ3) is 2.11. The average molecular weight is 245 g/mol. The summed E-state index contributed by atoms with van der Waals surface area (Å²) < 4.78 is 1.60. The van der Waals surface area contributed by atoms with Crippen LogP contribution >= 0.6 is 0 Å². The van der Waals surface area contributed by atoms with Gasteiger partial charge >= 0.3 is 5.97 Å². The van der Waals surface area contributed by atoms with E-state index in [1.807, 2.05) is 32.9 Å². The fourth-order valence-corrected chi connectivity index (χ4v) is 1.90. The zero-order valence-electron chi connectivity index (χ0n) is 10.6. The summed E-state index contributed by atoms with van der Waals surface area (Å²) in [4.78, 5) is 15.4. The minimum atomic E-state index is -0.961. The number of nitrogens with zero attached hydrogens (tertiary/aromatic N) is 3. The number of rotatable bonds is 3. The molecule has 2 heterocycles. The fourth-order valence-electron chi connectivity index (χ4n) is 1.90. The molecule has 0 saturated carbocycles. The highest BCUT2D eigenvalue weighted by Gasteiger charge is 2.20. The van der Waals surface area contributed by atoms with Gasteiger partial charge in [-0.25, -0.2) is 14.5 Å². The van der Waals surface area contributed by atoms with Gasteiger partial charge in [-0.15, -0.1) is 0 Å². The van der Waals surface area contributed by atoms with Gasteiger partial charge in [-0.2, -0.15) is 5.10 Å². The molecule has 0 amide bonds. The van der Waals surface area contributed by atoms with Gasteiger partial charge in [0.15, 0.2) is 5.82 Å². The van der Waals surface area contributed by atoms with Crippen molar-refractivity contribution in [2.45, 2.75) is 26.7 Å². The molecule has 18 heavy (non-hydrogen) atoms. The quantitative estimate of drug-likeness (QED) is 0.901. The Morgan fingerprint density at radius 3 is 2.72 bits per heavy atom. The lowest BCUT2D eigenvalue weighted by Gasteiger charge is -2.10. The van der Waals surface area contributed by atoms with Crippen LogP contribution < -0.4 is 0 Å². The molecule has 0 bridgehead atoms. The van der Waals surface area contributed by atoms with Crippen LogP contribution in [0.5, 0.6) is 0 Å². The summed E-state index contributed by atoms with van der Waals surface area (Å²) in [7, 11) is 0. The number of carbonyl (C=O) groups is 1. The number of carboxylic acids is 1. The summed E-state index contributed by atoms with van der Waals surface area (Å²) in [6.45, 7) is 5.84. The molecule has 0 unspecified atom stereocenters. The molecule has 5 nitrogen and oxygen atoms in total. The first-order valence-corrected chi connectivity index (χ1v) is 5.75. The second-order valence-corrected chi connectivity index (χ2v) is 4.51. The SMILES string of the molecule is Cc1ccnc(-n2ncc(C(=O)O)c2C(C)C)c1. The molecule has 2 aromatic heterocycles. The van der Waals surface area contributed by atoms with Gasteiger partial charge in [-0.05, 0) is 30.5 Å². The maximum atomic E-state index is 11.2. The molecule has 1 N–H and O–H groups in total. The van der Waals surface area contributed by atoms with Gasteiger partial charge in [0.1, 0.15) is 5.56 Å². The molecule has 2 rings (SSSR count). The Bertz CT molecular complexity index is 588. The number of aryl methyl sites for hydroxylation is 1. The van der Waals surface area contributed by atoms with Crippen molar-refractivity contribution in [1.82, 2.24) is 14.8 Å². The van der Waals surface area contributed by atoms with Crippen LogP contribution in [0, 0.1) is 6.92 Å². The second-order valence-electron chi connectivity index (χ2n) is 4.51. The van der Waals surface area contributed by atoms with Crippen molar-refractivity contribution in [1.29, 1.82) is 0 Å². The lowest BCUT2D eigenvalue weighted by Crippen LogP contribution is -2.09. The van der Waals surface area contributed by atoms with Gasteiger partial charge in [0, 0.05) is 6.20 Å². The van der Waals surface area contributed by atoms with E-state index in [4.69, 9.17) is 5.11 Å². The molecule has 0 spiro atoms. The summed E-state index contributed by atoms with van der Waals surface area (Å²) in [5, 5.41) is 13.3. The highest BCUT2D eigenvalue weighted by molar-refractivity contribution is 5.89. The minimum Gasteiger partial charge on any atom is -0.478 e. The number of pyridine rings is 1. The fraction of sp³-hybridized carbons (Fsp3) is 0.308. The second kappa shape index (κ2) is 4.60. The normalized spacial score (nSPS) is 10.9. The Hall–Kier alpha value is -2.17. The summed E-state index contributed by atoms with van der Waals surface area (Å²) in [5.74, 6) is -0.260. The van der Waals surface area contributed by atoms with Gasteiger partial charge in [-0.3, -0.25) is 0 Å². The Morgan fingerprint density at radius 2 is 2.17 bits per heavy atom. The van der Waals surface area contributed by atoms with E-state index in [9.17, 15) is 4.79 Å². The number of aromatic carboxylic acids is 1. The zero-order valence-corrected chi connectivity index (χ0v) is 10.6. The van der Waals surface area contributed by atoms with Crippen molar-refractivity contribution in [3.8, 4) is 5.82 Å². The zero-order chi connectivity index (χ0) is 13.3. The predicted octanol–water partition coefficient (Wildman–Crippen LogP) is 2.40. The highest BCUT2D eigenvalue weighted by Crippen LogP contribution is 2.22. The van der Waals surface area contributed by atoms with Crippen molar-refractivity contribution in [2.75, 3.05) is 0 Å². The lowest BCUT2D eigenvalue weighted by molar-refractivity contribution is 0.0695. The minimum absolute atomic E-state index is 0.0564. The average Bonchev–Trinajstić information content (AvgIpc) is 2.73. The van der Waals surface area contributed by atoms with E-state index in [1.165, 1.54) is 6.20 Å². The van der Waals surface area contributed by atoms with Crippen molar-refractivity contribution >= 4 is 5.97 Å². The van der Waals surface area contributed by atoms with Crippen molar-refractivity contribution < 1.29 is 9.90 Å². The molecule has 0 atom stereocenters. The van der Waals surface area contributed by atoms with Crippen LogP contribution in [0.4, 0.5) is 0 Å². The summed E-state index contributed by atoms with van der Waals surface area (Å²) >= 11 is 0. The van der Waals surface area contributed by atoms with Gasteiger partial charge < -0.3 is 5.11 Å². The molecular formula is C13H15N3O2. The molecular weight excluding hydrogens is 230 g/mol. The molecule has 0 aromatic carbocycles. The first-order chi connectivity index (χ1) is 8.50. The van der Waals surface area contributed by atoms with E-state index >= 15 is 0 Å². The van der Waals surface area contributed by atoms with Crippen molar-refractivity contribution in [3.05, 3.63) is 41.3 Å². The molecule has 0 saturated heterocycles. The lowest BCUT2D eigenvalue weighted by atomic mass is 10.1. The van der Waals surface area contributed by atoms with Crippen LogP contribution in [0.15, 0.2) is 24.5 Å². The number of aromatic nitrogens is 3. The van der Waals surface area contributed by atoms with Crippen LogP contribution in [0.25, 0.3) is 5.82 Å². The molecule has 0 radical (unpaired) electrons. The Morgan fingerprint density at radius 1 is 1.44 bits per heavy atom. The maximum absolute atomic E-state index is 11.2. The number of hydrogen-bond donors (Lipinski definition) is 1. The van der Waals surface area contributed by atoms with Crippen molar-refractivity contribution in [3.63, 3.8) is 0 Å². The third-order valence-corrected chi connectivity index (χ3v) is 2.70. The maximum Gasteiger partial charge on any atom is 0.339 e. The van der Waals surface area contributed by atoms with E-state index in [0.29, 0.717) is 11.5 Å². The third-order valence-electron chi connectivity index (χ3n) is 2.70. The van der Waals surface area contributed by atoms with Gasteiger partial charge in [0.2, 0.25) is 0 Å². The first-order valence-electron chi connectivity index (χ1n) is 5.75. The van der Waals surface area contributed by atoms with Crippen LogP contribution in [-0.4, -0.2) is 25.8 Å². The van der Waals surface area contributed by atoms with Gasteiger partial charge in [0.05, 0.1) is 11.9 Å².